The summed E-state index contributed by atoms with van der Waals surface area (Å²) in [4.78, 5) is 6.59. The van der Waals surface area contributed by atoms with Crippen LogP contribution in [-0.4, -0.2) is 17.1 Å². The SMILES string of the molecule is CC[C@@H](O)c1cnc(N(C)Cc2ccccc2)cc1C. The maximum absolute atomic E-state index is 9.92. The molecule has 1 heterocycles. The molecule has 2 aromatic rings. The molecule has 0 amide bonds. The van der Waals surface area contributed by atoms with E-state index in [2.05, 4.69) is 22.0 Å². The summed E-state index contributed by atoms with van der Waals surface area (Å²) in [6.07, 6.45) is 2.08. The molecule has 0 aliphatic rings. The number of aromatic nitrogens is 1. The van der Waals surface area contributed by atoms with Crippen LogP contribution in [0.1, 0.15) is 36.1 Å². The number of nitrogens with zero attached hydrogens (tertiary/aromatic N) is 2. The summed E-state index contributed by atoms with van der Waals surface area (Å²) >= 11 is 0. The van der Waals surface area contributed by atoms with E-state index in [-0.39, 0.29) is 0 Å². The topological polar surface area (TPSA) is 36.4 Å². The van der Waals surface area contributed by atoms with Gasteiger partial charge in [-0.1, -0.05) is 37.3 Å². The first-order valence-electron chi connectivity index (χ1n) is 7.01. The maximum atomic E-state index is 9.92. The molecule has 3 heteroatoms. The molecule has 0 aliphatic carbocycles. The normalized spacial score (nSPS) is 12.2. The monoisotopic (exact) mass is 270 g/mol. The lowest BCUT2D eigenvalue weighted by Crippen LogP contribution is -2.18. The minimum Gasteiger partial charge on any atom is -0.388 e. The summed E-state index contributed by atoms with van der Waals surface area (Å²) in [7, 11) is 2.03. The highest BCUT2D eigenvalue weighted by Crippen LogP contribution is 2.23. The van der Waals surface area contributed by atoms with Crippen molar-refractivity contribution in [3.63, 3.8) is 0 Å². The molecular formula is C17H22N2O. The molecule has 1 atom stereocenters. The molecule has 3 nitrogen and oxygen atoms in total. The van der Waals surface area contributed by atoms with Gasteiger partial charge >= 0.3 is 0 Å². The molecule has 0 bridgehead atoms. The molecule has 1 N–H and O–H groups in total. The van der Waals surface area contributed by atoms with Crippen molar-refractivity contribution in [1.29, 1.82) is 0 Å². The Kier molecular flexibility index (Phi) is 4.74. The number of hydrogen-bond donors (Lipinski definition) is 1. The Balaban J connectivity index is 2.15. The van der Waals surface area contributed by atoms with Gasteiger partial charge in [0.25, 0.3) is 0 Å². The maximum Gasteiger partial charge on any atom is 0.128 e. The van der Waals surface area contributed by atoms with Crippen LogP contribution in [0.25, 0.3) is 0 Å². The summed E-state index contributed by atoms with van der Waals surface area (Å²) < 4.78 is 0. The zero-order chi connectivity index (χ0) is 14.5. The predicted molar refractivity (Wildman–Crippen MR) is 82.8 cm³/mol. The lowest BCUT2D eigenvalue weighted by Gasteiger charge is -2.20. The van der Waals surface area contributed by atoms with Crippen molar-refractivity contribution < 1.29 is 5.11 Å². The van der Waals surface area contributed by atoms with Crippen LogP contribution in [0.4, 0.5) is 5.82 Å². The van der Waals surface area contributed by atoms with E-state index in [1.54, 1.807) is 6.20 Å². The van der Waals surface area contributed by atoms with Crippen LogP contribution in [0, 0.1) is 6.92 Å². The number of rotatable bonds is 5. The zero-order valence-electron chi connectivity index (χ0n) is 12.4. The Hall–Kier alpha value is -1.87. The Morgan fingerprint density at radius 2 is 1.95 bits per heavy atom. The van der Waals surface area contributed by atoms with Gasteiger partial charge in [0.15, 0.2) is 0 Å². The molecule has 0 saturated heterocycles. The van der Waals surface area contributed by atoms with Crippen LogP contribution < -0.4 is 4.90 Å². The van der Waals surface area contributed by atoms with Gasteiger partial charge in [0.2, 0.25) is 0 Å². The van der Waals surface area contributed by atoms with E-state index in [4.69, 9.17) is 0 Å². The van der Waals surface area contributed by atoms with Crippen molar-refractivity contribution in [2.75, 3.05) is 11.9 Å². The van der Waals surface area contributed by atoms with Crippen LogP contribution in [0.5, 0.6) is 0 Å². The molecule has 1 aromatic heterocycles. The standard InChI is InChI=1S/C17H22N2O/c1-4-16(20)15-11-18-17(10-13(15)2)19(3)12-14-8-6-5-7-9-14/h5-11,16,20H,4,12H2,1-3H3/t16-/m1/s1. The van der Waals surface area contributed by atoms with Gasteiger partial charge in [-0.3, -0.25) is 0 Å². The number of aliphatic hydroxyl groups excluding tert-OH is 1. The largest absolute Gasteiger partial charge is 0.388 e. The van der Waals surface area contributed by atoms with Gasteiger partial charge in [-0.05, 0) is 30.5 Å². The lowest BCUT2D eigenvalue weighted by atomic mass is 10.0. The Labute approximate surface area is 120 Å². The number of benzene rings is 1. The molecule has 0 unspecified atom stereocenters. The number of aliphatic hydroxyl groups is 1. The highest BCUT2D eigenvalue weighted by molar-refractivity contribution is 5.44. The number of anilines is 1. The quantitative estimate of drug-likeness (QED) is 0.903. The van der Waals surface area contributed by atoms with E-state index in [9.17, 15) is 5.11 Å². The van der Waals surface area contributed by atoms with E-state index in [0.717, 1.165) is 23.5 Å². The Bertz CT molecular complexity index is 554. The highest BCUT2D eigenvalue weighted by Gasteiger charge is 2.11. The van der Waals surface area contributed by atoms with Gasteiger partial charge in [-0.15, -0.1) is 0 Å². The van der Waals surface area contributed by atoms with Crippen LogP contribution in [-0.2, 0) is 6.54 Å². The molecule has 0 fully saturated rings. The zero-order valence-corrected chi connectivity index (χ0v) is 12.4. The van der Waals surface area contributed by atoms with Crippen molar-refractivity contribution in [2.24, 2.45) is 0 Å². The fourth-order valence-corrected chi connectivity index (χ4v) is 2.27. The third kappa shape index (κ3) is 3.36. The lowest BCUT2D eigenvalue weighted by molar-refractivity contribution is 0.172. The predicted octanol–water partition coefficient (Wildman–Crippen LogP) is 3.47. The fourth-order valence-electron chi connectivity index (χ4n) is 2.27. The van der Waals surface area contributed by atoms with E-state index in [1.807, 2.05) is 45.2 Å². The molecule has 20 heavy (non-hydrogen) atoms. The fraction of sp³-hybridized carbons (Fsp3) is 0.353. The van der Waals surface area contributed by atoms with Crippen LogP contribution in [0.3, 0.4) is 0 Å². The second-order valence-corrected chi connectivity index (χ2v) is 5.16. The van der Waals surface area contributed by atoms with Crippen LogP contribution in [0.15, 0.2) is 42.6 Å². The third-order valence-corrected chi connectivity index (χ3v) is 3.54. The third-order valence-electron chi connectivity index (χ3n) is 3.54. The summed E-state index contributed by atoms with van der Waals surface area (Å²) in [5.41, 5.74) is 3.26. The van der Waals surface area contributed by atoms with Crippen molar-refractivity contribution in [3.8, 4) is 0 Å². The summed E-state index contributed by atoms with van der Waals surface area (Å²) in [6, 6.07) is 12.4. The minimum absolute atomic E-state index is 0.420. The van der Waals surface area contributed by atoms with E-state index in [0.29, 0.717) is 6.42 Å². The second-order valence-electron chi connectivity index (χ2n) is 5.16. The summed E-state index contributed by atoms with van der Waals surface area (Å²) in [6.45, 7) is 4.82. The van der Waals surface area contributed by atoms with Gasteiger partial charge < -0.3 is 10.0 Å². The van der Waals surface area contributed by atoms with Gasteiger partial charge in [0.1, 0.15) is 5.82 Å². The Morgan fingerprint density at radius 3 is 2.55 bits per heavy atom. The second kappa shape index (κ2) is 6.53. The summed E-state index contributed by atoms with van der Waals surface area (Å²) in [5.74, 6) is 0.929. The average Bonchev–Trinajstić information content (AvgIpc) is 2.47. The first-order valence-corrected chi connectivity index (χ1v) is 7.01. The molecule has 2 rings (SSSR count). The van der Waals surface area contributed by atoms with Crippen molar-refractivity contribution in [3.05, 3.63) is 59.3 Å². The molecule has 0 spiro atoms. The summed E-state index contributed by atoms with van der Waals surface area (Å²) in [5, 5.41) is 9.92. The number of aryl methyl sites for hydroxylation is 1. The highest BCUT2D eigenvalue weighted by atomic mass is 16.3. The molecule has 0 radical (unpaired) electrons. The van der Waals surface area contributed by atoms with Crippen molar-refractivity contribution in [1.82, 2.24) is 4.98 Å². The minimum atomic E-state index is -0.420. The molecule has 0 saturated carbocycles. The van der Waals surface area contributed by atoms with Gasteiger partial charge in [-0.25, -0.2) is 4.98 Å². The van der Waals surface area contributed by atoms with Gasteiger partial charge in [0, 0.05) is 25.4 Å². The number of pyridine rings is 1. The van der Waals surface area contributed by atoms with Gasteiger partial charge in [0.05, 0.1) is 6.10 Å². The Morgan fingerprint density at radius 1 is 1.25 bits per heavy atom. The first kappa shape index (κ1) is 14.5. The molecule has 1 aromatic carbocycles. The average molecular weight is 270 g/mol. The van der Waals surface area contributed by atoms with E-state index >= 15 is 0 Å². The van der Waals surface area contributed by atoms with Crippen molar-refractivity contribution >= 4 is 5.82 Å². The van der Waals surface area contributed by atoms with E-state index in [1.165, 1.54) is 5.56 Å². The van der Waals surface area contributed by atoms with Gasteiger partial charge in [-0.2, -0.15) is 0 Å². The van der Waals surface area contributed by atoms with Crippen molar-refractivity contribution in [2.45, 2.75) is 32.9 Å². The van der Waals surface area contributed by atoms with Crippen LogP contribution >= 0.6 is 0 Å². The molecular weight excluding hydrogens is 248 g/mol. The van der Waals surface area contributed by atoms with E-state index < -0.39 is 6.10 Å². The number of hydrogen-bond acceptors (Lipinski definition) is 3. The molecule has 0 aliphatic heterocycles. The smallest absolute Gasteiger partial charge is 0.128 e. The molecule has 106 valence electrons. The first-order chi connectivity index (χ1) is 9.61. The van der Waals surface area contributed by atoms with Crippen LogP contribution in [0.2, 0.25) is 0 Å².